The molecular weight excluding hydrogens is 591 g/mol. The van der Waals surface area contributed by atoms with Gasteiger partial charge in [0.1, 0.15) is 18.2 Å². The van der Waals surface area contributed by atoms with Crippen LogP contribution < -0.4 is 4.90 Å². The monoisotopic (exact) mass is 628 g/mol. The summed E-state index contributed by atoms with van der Waals surface area (Å²) >= 11 is 0. The van der Waals surface area contributed by atoms with Gasteiger partial charge in [-0.25, -0.2) is 22.4 Å². The van der Waals surface area contributed by atoms with Gasteiger partial charge in [-0.3, -0.25) is 9.29 Å². The van der Waals surface area contributed by atoms with E-state index in [9.17, 15) is 18.0 Å². The van der Waals surface area contributed by atoms with Crippen molar-refractivity contribution in [1.82, 2.24) is 14.8 Å². The highest BCUT2D eigenvalue weighted by Crippen LogP contribution is 2.43. The van der Waals surface area contributed by atoms with Crippen LogP contribution in [0, 0.1) is 11.6 Å². The van der Waals surface area contributed by atoms with Gasteiger partial charge in [0.25, 0.3) is 6.43 Å². The highest BCUT2D eigenvalue weighted by atomic mass is 19.3. The molecule has 3 aromatic carbocycles. The molecule has 0 aliphatic carbocycles. The number of aromatic amines is 1. The summed E-state index contributed by atoms with van der Waals surface area (Å²) in [6, 6.07) is 17.5. The molecule has 5 rings (SSSR count). The number of nitrogens with one attached hydrogen (secondary N) is 1. The Bertz CT molecular complexity index is 1580. The van der Waals surface area contributed by atoms with Crippen molar-refractivity contribution in [3.05, 3.63) is 101 Å². The molecule has 0 bridgehead atoms. The zero-order valence-corrected chi connectivity index (χ0v) is 25.3. The summed E-state index contributed by atoms with van der Waals surface area (Å²) in [4.78, 5) is 20.4. The third kappa shape index (κ3) is 7.24. The number of aromatic nitrogens is 1. The van der Waals surface area contributed by atoms with Gasteiger partial charge in [-0.15, -0.1) is 0 Å². The van der Waals surface area contributed by atoms with Crippen molar-refractivity contribution in [3.8, 4) is 0 Å². The fourth-order valence-corrected chi connectivity index (χ4v) is 6.07. The van der Waals surface area contributed by atoms with Crippen molar-refractivity contribution < 1.29 is 31.5 Å². The van der Waals surface area contributed by atoms with Crippen LogP contribution in [0.15, 0.2) is 66.7 Å². The number of carbonyl (C=O) groups excluding carboxylic acids is 1. The first-order valence-corrected chi connectivity index (χ1v) is 15.0. The van der Waals surface area contributed by atoms with E-state index in [1.165, 1.54) is 21.9 Å². The lowest BCUT2D eigenvalue weighted by atomic mass is 9.88. The number of hydrogen-bond acceptors (Lipinski definition) is 4. The number of anilines is 1. The number of likely N-dealkylation sites (N-methyl/N-ethyl adjacent to an activating group) is 1. The van der Waals surface area contributed by atoms with Crippen LogP contribution in [0.2, 0.25) is 0 Å². The van der Waals surface area contributed by atoms with Gasteiger partial charge in [0.05, 0.1) is 19.3 Å². The molecule has 2 heterocycles. The van der Waals surface area contributed by atoms with Crippen molar-refractivity contribution in [2.75, 3.05) is 44.8 Å². The first-order chi connectivity index (χ1) is 21.7. The summed E-state index contributed by atoms with van der Waals surface area (Å²) in [5, 5.41) is 0.901. The minimum absolute atomic E-state index is 0.0555. The first-order valence-electron chi connectivity index (χ1n) is 15.0. The number of fused-ring (bicyclic) bond motifs is 3. The Morgan fingerprint density at radius 3 is 2.40 bits per heavy atom. The summed E-state index contributed by atoms with van der Waals surface area (Å²) in [5.41, 5.74) is 2.85. The Labute approximate surface area is 259 Å². The van der Waals surface area contributed by atoms with E-state index in [-0.39, 0.29) is 43.9 Å². The number of carbonyl (C=O) groups is 1. The summed E-state index contributed by atoms with van der Waals surface area (Å²) < 4.78 is 77.8. The maximum atomic E-state index is 16.0. The largest absolute Gasteiger partial charge is 0.445 e. The lowest BCUT2D eigenvalue weighted by Gasteiger charge is -2.41. The molecule has 1 aromatic heterocycles. The average molecular weight is 629 g/mol. The predicted octanol–water partition coefficient (Wildman–Crippen LogP) is 7.48. The van der Waals surface area contributed by atoms with E-state index in [1.54, 1.807) is 18.9 Å². The second kappa shape index (κ2) is 14.3. The van der Waals surface area contributed by atoms with E-state index in [0.29, 0.717) is 12.1 Å². The molecule has 6 nitrogen and oxygen atoms in total. The molecule has 11 heteroatoms. The Balaban J connectivity index is 1.37. The van der Waals surface area contributed by atoms with Gasteiger partial charge < -0.3 is 19.5 Å². The summed E-state index contributed by atoms with van der Waals surface area (Å²) in [5.74, 6) is -1.73. The molecule has 1 amide bonds. The predicted molar refractivity (Wildman–Crippen MR) is 164 cm³/mol. The Hall–Kier alpha value is -4.12. The fourth-order valence-electron chi connectivity index (χ4n) is 6.07. The number of halogens is 5. The Morgan fingerprint density at radius 2 is 1.71 bits per heavy atom. The van der Waals surface area contributed by atoms with Gasteiger partial charge in [-0.05, 0) is 49.1 Å². The van der Waals surface area contributed by atoms with Gasteiger partial charge in [0.2, 0.25) is 0 Å². The van der Waals surface area contributed by atoms with E-state index in [0.717, 1.165) is 22.0 Å². The fraction of sp³-hybridized carbons (Fsp3) is 0.382. The molecule has 2 atom stereocenters. The Kier molecular flexibility index (Phi) is 10.3. The average Bonchev–Trinajstić information content (AvgIpc) is 3.39. The minimum atomic E-state index is -2.70. The maximum Gasteiger partial charge on any atom is 0.410 e. The van der Waals surface area contributed by atoms with Crippen LogP contribution in [0.3, 0.4) is 0 Å². The second-order valence-corrected chi connectivity index (χ2v) is 11.4. The third-order valence-electron chi connectivity index (χ3n) is 8.37. The SMILES string of the molecule is C[C@@H]1Cc2c([nH]c3ccccc23)[C@@H](c2c(F)cc(N(C)CCN(CCCF)C(=O)OCc3ccccc3)cc2F)N1CC(F)F. The van der Waals surface area contributed by atoms with Crippen LogP contribution in [-0.4, -0.2) is 73.2 Å². The first kappa shape index (κ1) is 32.3. The van der Waals surface area contributed by atoms with Gasteiger partial charge in [0.15, 0.2) is 0 Å². The Morgan fingerprint density at radius 1 is 1.02 bits per heavy atom. The van der Waals surface area contributed by atoms with Crippen LogP contribution in [-0.2, 0) is 17.8 Å². The standard InChI is InChI=1S/C34H37F5N4O2/c1-22-17-26-25-11-6-7-12-29(25)40-32(26)33(43(22)20-30(38)39)31-27(36)18-24(19-28(31)37)41(2)15-16-42(14-8-13-35)34(44)45-21-23-9-4-3-5-10-23/h3-7,9-12,18-19,22,30,33,40H,8,13-17,20-21H2,1-2H3/t22-,33-/m1/s1. The molecule has 1 N–H and O–H groups in total. The highest BCUT2D eigenvalue weighted by molar-refractivity contribution is 5.85. The third-order valence-corrected chi connectivity index (χ3v) is 8.37. The van der Waals surface area contributed by atoms with E-state index in [2.05, 4.69) is 4.98 Å². The molecule has 1 aliphatic heterocycles. The number of rotatable bonds is 12. The van der Waals surface area contributed by atoms with Crippen LogP contribution in [0.4, 0.5) is 32.4 Å². The van der Waals surface area contributed by atoms with Gasteiger partial charge in [-0.1, -0.05) is 48.5 Å². The molecule has 0 saturated carbocycles. The molecule has 4 aromatic rings. The van der Waals surface area contributed by atoms with Crippen LogP contribution in [0.25, 0.3) is 10.9 Å². The van der Waals surface area contributed by atoms with Crippen LogP contribution in [0.1, 0.15) is 41.8 Å². The number of benzene rings is 3. The van der Waals surface area contributed by atoms with Gasteiger partial charge in [0, 0.05) is 60.6 Å². The zero-order valence-electron chi connectivity index (χ0n) is 25.3. The quantitative estimate of drug-likeness (QED) is 0.165. The van der Waals surface area contributed by atoms with E-state index in [4.69, 9.17) is 4.74 Å². The molecule has 0 radical (unpaired) electrons. The highest BCUT2D eigenvalue weighted by Gasteiger charge is 2.40. The molecule has 45 heavy (non-hydrogen) atoms. The number of amides is 1. The zero-order chi connectivity index (χ0) is 32.1. The number of H-pyrrole nitrogens is 1. The summed E-state index contributed by atoms with van der Waals surface area (Å²) in [7, 11) is 1.62. The lowest BCUT2D eigenvalue weighted by Crippen LogP contribution is -2.45. The normalized spacial score (nSPS) is 16.6. The van der Waals surface area contributed by atoms with Gasteiger partial charge >= 0.3 is 6.09 Å². The van der Waals surface area contributed by atoms with E-state index < -0.39 is 49.5 Å². The van der Waals surface area contributed by atoms with Crippen molar-refractivity contribution in [1.29, 1.82) is 0 Å². The van der Waals surface area contributed by atoms with Crippen LogP contribution in [0.5, 0.6) is 0 Å². The van der Waals surface area contributed by atoms with Crippen LogP contribution >= 0.6 is 0 Å². The molecular formula is C34H37F5N4O2. The molecule has 0 saturated heterocycles. The molecule has 0 spiro atoms. The number of nitrogens with zero attached hydrogens (tertiary/aromatic N) is 3. The molecule has 1 aliphatic rings. The smallest absolute Gasteiger partial charge is 0.410 e. The second-order valence-electron chi connectivity index (χ2n) is 11.4. The van der Waals surface area contributed by atoms with E-state index in [1.807, 2.05) is 54.6 Å². The van der Waals surface area contributed by atoms with Crippen molar-refractivity contribution in [2.45, 2.75) is 44.9 Å². The lowest BCUT2D eigenvalue weighted by molar-refractivity contribution is 0.0438. The van der Waals surface area contributed by atoms with Crippen molar-refractivity contribution in [3.63, 3.8) is 0 Å². The number of ether oxygens (including phenoxy) is 1. The molecule has 0 fully saturated rings. The molecule has 0 unspecified atom stereocenters. The minimum Gasteiger partial charge on any atom is -0.445 e. The van der Waals surface area contributed by atoms with Crippen molar-refractivity contribution >= 4 is 22.7 Å². The summed E-state index contributed by atoms with van der Waals surface area (Å²) in [6.07, 6.45) is -2.74. The van der Waals surface area contributed by atoms with Crippen molar-refractivity contribution in [2.24, 2.45) is 0 Å². The molecule has 240 valence electrons. The number of hydrogen-bond donors (Lipinski definition) is 1. The summed E-state index contributed by atoms with van der Waals surface area (Å²) in [6.45, 7) is 1.00. The number of para-hydroxylation sites is 1. The number of alkyl halides is 3. The maximum absolute atomic E-state index is 16.0. The van der Waals surface area contributed by atoms with Gasteiger partial charge in [-0.2, -0.15) is 0 Å². The topological polar surface area (TPSA) is 51.8 Å². The van der Waals surface area contributed by atoms with E-state index >= 15 is 8.78 Å².